The van der Waals surface area contributed by atoms with Crippen LogP contribution in [0, 0.1) is 0 Å². The fourth-order valence-electron chi connectivity index (χ4n) is 1.38. The van der Waals surface area contributed by atoms with E-state index in [2.05, 4.69) is 5.32 Å². The molecule has 0 bridgehead atoms. The fourth-order valence-corrected chi connectivity index (χ4v) is 1.38. The van der Waals surface area contributed by atoms with Gasteiger partial charge in [0.1, 0.15) is 5.75 Å². The third-order valence-electron chi connectivity index (χ3n) is 2.42. The van der Waals surface area contributed by atoms with E-state index in [0.29, 0.717) is 13.0 Å². The molecule has 0 aliphatic heterocycles. The van der Waals surface area contributed by atoms with Gasteiger partial charge in [-0.15, -0.1) is 0 Å². The Kier molecular flexibility index (Phi) is 4.12. The lowest BCUT2D eigenvalue weighted by Gasteiger charge is -2.25. The van der Waals surface area contributed by atoms with Gasteiger partial charge in [0.2, 0.25) is 0 Å². The Hall–Kier alpha value is -1.06. The molecule has 0 saturated carbocycles. The average molecular weight is 209 g/mol. The van der Waals surface area contributed by atoms with Crippen LogP contribution in [0.3, 0.4) is 0 Å². The number of aliphatic hydroxyl groups excluding tert-OH is 1. The van der Waals surface area contributed by atoms with E-state index in [1.54, 1.807) is 12.1 Å². The van der Waals surface area contributed by atoms with Crippen molar-refractivity contribution in [2.75, 3.05) is 6.61 Å². The predicted molar refractivity (Wildman–Crippen MR) is 60.7 cm³/mol. The third-order valence-corrected chi connectivity index (χ3v) is 2.42. The van der Waals surface area contributed by atoms with Crippen LogP contribution < -0.4 is 5.32 Å². The maximum absolute atomic E-state index is 9.28. The highest BCUT2D eigenvalue weighted by atomic mass is 16.3. The van der Waals surface area contributed by atoms with Crippen molar-refractivity contribution in [1.82, 2.24) is 5.32 Å². The molecule has 0 aliphatic rings. The highest BCUT2D eigenvalue weighted by Crippen LogP contribution is 2.13. The lowest BCUT2D eigenvalue weighted by Crippen LogP contribution is -2.39. The molecule has 3 heteroatoms. The number of aliphatic hydroxyl groups is 1. The zero-order valence-corrected chi connectivity index (χ0v) is 9.33. The fraction of sp³-hybridized carbons (Fsp3) is 0.500. The zero-order chi connectivity index (χ0) is 11.3. The summed E-state index contributed by atoms with van der Waals surface area (Å²) in [6, 6.07) is 7.18. The van der Waals surface area contributed by atoms with Gasteiger partial charge in [0, 0.05) is 18.7 Å². The molecule has 1 aromatic rings. The van der Waals surface area contributed by atoms with E-state index in [9.17, 15) is 5.11 Å². The third kappa shape index (κ3) is 4.32. The highest BCUT2D eigenvalue weighted by molar-refractivity contribution is 5.27. The second-order valence-electron chi connectivity index (χ2n) is 4.38. The molecular weight excluding hydrogens is 190 g/mol. The van der Waals surface area contributed by atoms with E-state index in [1.807, 2.05) is 26.0 Å². The van der Waals surface area contributed by atoms with E-state index in [-0.39, 0.29) is 17.9 Å². The van der Waals surface area contributed by atoms with Crippen molar-refractivity contribution in [2.24, 2.45) is 0 Å². The maximum atomic E-state index is 9.28. The average Bonchev–Trinajstić information content (AvgIpc) is 2.15. The van der Waals surface area contributed by atoms with Gasteiger partial charge in [-0.1, -0.05) is 12.1 Å². The molecule has 0 saturated heterocycles. The molecular formula is C12H19NO2. The summed E-state index contributed by atoms with van der Waals surface area (Å²) in [5.74, 6) is 0.286. The number of rotatable bonds is 5. The molecule has 0 fully saturated rings. The largest absolute Gasteiger partial charge is 0.508 e. The summed E-state index contributed by atoms with van der Waals surface area (Å²) in [7, 11) is 0. The minimum Gasteiger partial charge on any atom is -0.508 e. The lowest BCUT2D eigenvalue weighted by atomic mass is 10.0. The van der Waals surface area contributed by atoms with Gasteiger partial charge >= 0.3 is 0 Å². The van der Waals surface area contributed by atoms with Crippen LogP contribution in [0.15, 0.2) is 24.3 Å². The summed E-state index contributed by atoms with van der Waals surface area (Å²) in [5.41, 5.74) is 0.959. The van der Waals surface area contributed by atoms with Crippen molar-refractivity contribution in [2.45, 2.75) is 32.4 Å². The SMILES string of the molecule is CC(C)(CCO)NCc1cccc(O)c1. The number of hydrogen-bond acceptors (Lipinski definition) is 3. The van der Waals surface area contributed by atoms with Crippen LogP contribution in [0.2, 0.25) is 0 Å². The molecule has 0 aliphatic carbocycles. The van der Waals surface area contributed by atoms with Crippen LogP contribution in [-0.4, -0.2) is 22.4 Å². The Morgan fingerprint density at radius 3 is 2.67 bits per heavy atom. The molecule has 0 radical (unpaired) electrons. The molecule has 1 aromatic carbocycles. The first kappa shape index (κ1) is 12.0. The van der Waals surface area contributed by atoms with Gasteiger partial charge in [0.15, 0.2) is 0 Å². The summed E-state index contributed by atoms with van der Waals surface area (Å²) in [4.78, 5) is 0. The first-order valence-electron chi connectivity index (χ1n) is 5.17. The van der Waals surface area contributed by atoms with Gasteiger partial charge in [0.25, 0.3) is 0 Å². The van der Waals surface area contributed by atoms with Crippen LogP contribution in [-0.2, 0) is 6.54 Å². The monoisotopic (exact) mass is 209 g/mol. The van der Waals surface area contributed by atoms with Gasteiger partial charge < -0.3 is 15.5 Å². The minimum atomic E-state index is -0.0831. The summed E-state index contributed by atoms with van der Waals surface area (Å²) >= 11 is 0. The molecule has 0 atom stereocenters. The first-order chi connectivity index (χ1) is 7.03. The molecule has 1 rings (SSSR count). The molecule has 0 unspecified atom stereocenters. The Balaban J connectivity index is 2.49. The first-order valence-corrected chi connectivity index (χ1v) is 5.17. The van der Waals surface area contributed by atoms with Crippen LogP contribution in [0.1, 0.15) is 25.8 Å². The molecule has 84 valence electrons. The van der Waals surface area contributed by atoms with E-state index in [4.69, 9.17) is 5.11 Å². The molecule has 0 amide bonds. The minimum absolute atomic E-state index is 0.0831. The van der Waals surface area contributed by atoms with Crippen LogP contribution in [0.25, 0.3) is 0 Å². The topological polar surface area (TPSA) is 52.5 Å². The second kappa shape index (κ2) is 5.14. The van der Waals surface area contributed by atoms with Gasteiger partial charge in [-0.3, -0.25) is 0 Å². The van der Waals surface area contributed by atoms with Crippen molar-refractivity contribution in [1.29, 1.82) is 0 Å². The molecule has 0 heterocycles. The molecule has 15 heavy (non-hydrogen) atoms. The number of nitrogens with one attached hydrogen (secondary N) is 1. The Bertz CT molecular complexity index is 310. The maximum Gasteiger partial charge on any atom is 0.115 e. The quantitative estimate of drug-likeness (QED) is 0.691. The lowest BCUT2D eigenvalue weighted by molar-refractivity contribution is 0.230. The summed E-state index contributed by atoms with van der Waals surface area (Å²) in [6.45, 7) is 4.97. The van der Waals surface area contributed by atoms with E-state index in [0.717, 1.165) is 5.56 Å². The van der Waals surface area contributed by atoms with Crippen LogP contribution in [0.5, 0.6) is 5.75 Å². The standard InChI is InChI=1S/C12H19NO2/c1-12(2,6-7-14)13-9-10-4-3-5-11(15)8-10/h3-5,8,13-15H,6-7,9H2,1-2H3. The normalized spacial score (nSPS) is 11.7. The van der Waals surface area contributed by atoms with E-state index in [1.165, 1.54) is 0 Å². The number of benzene rings is 1. The van der Waals surface area contributed by atoms with Crippen molar-refractivity contribution in [3.63, 3.8) is 0 Å². The second-order valence-corrected chi connectivity index (χ2v) is 4.38. The zero-order valence-electron chi connectivity index (χ0n) is 9.33. The molecule has 0 aromatic heterocycles. The molecule has 3 N–H and O–H groups in total. The van der Waals surface area contributed by atoms with Crippen molar-refractivity contribution in [3.05, 3.63) is 29.8 Å². The van der Waals surface area contributed by atoms with Gasteiger partial charge in [-0.25, -0.2) is 0 Å². The van der Waals surface area contributed by atoms with Crippen molar-refractivity contribution < 1.29 is 10.2 Å². The Morgan fingerprint density at radius 2 is 2.07 bits per heavy atom. The smallest absolute Gasteiger partial charge is 0.115 e. The predicted octanol–water partition coefficient (Wildman–Crippen LogP) is 1.64. The number of phenols is 1. The summed E-state index contributed by atoms with van der Waals surface area (Å²) in [6.07, 6.45) is 0.714. The van der Waals surface area contributed by atoms with Gasteiger partial charge in [-0.05, 0) is 38.0 Å². The van der Waals surface area contributed by atoms with Gasteiger partial charge in [0.05, 0.1) is 0 Å². The molecule has 3 nitrogen and oxygen atoms in total. The number of aromatic hydroxyl groups is 1. The van der Waals surface area contributed by atoms with E-state index >= 15 is 0 Å². The summed E-state index contributed by atoms with van der Waals surface area (Å²) < 4.78 is 0. The van der Waals surface area contributed by atoms with Crippen LogP contribution >= 0.6 is 0 Å². The van der Waals surface area contributed by atoms with Crippen molar-refractivity contribution >= 4 is 0 Å². The van der Waals surface area contributed by atoms with E-state index < -0.39 is 0 Å². The number of hydrogen-bond donors (Lipinski definition) is 3. The Labute approximate surface area is 90.8 Å². The molecule has 0 spiro atoms. The van der Waals surface area contributed by atoms with Crippen molar-refractivity contribution in [3.8, 4) is 5.75 Å². The summed E-state index contributed by atoms with van der Waals surface area (Å²) in [5, 5.41) is 21.5. The number of phenolic OH excluding ortho intramolecular Hbond substituents is 1. The van der Waals surface area contributed by atoms with Crippen LogP contribution in [0.4, 0.5) is 0 Å². The Morgan fingerprint density at radius 1 is 1.33 bits per heavy atom. The van der Waals surface area contributed by atoms with Gasteiger partial charge in [-0.2, -0.15) is 0 Å². The highest BCUT2D eigenvalue weighted by Gasteiger charge is 2.15.